The number of tetrazole rings is 1. The number of aldehydes is 1. The topological polar surface area (TPSA) is 60.7 Å². The molecule has 0 N–H and O–H groups in total. The van der Waals surface area contributed by atoms with E-state index in [0.29, 0.717) is 11.8 Å². The van der Waals surface area contributed by atoms with Crippen LogP contribution < -0.4 is 0 Å². The van der Waals surface area contributed by atoms with Gasteiger partial charge < -0.3 is 0 Å². The molecule has 0 saturated carbocycles. The number of nitrogens with zero attached hydrogens (tertiary/aromatic N) is 4. The van der Waals surface area contributed by atoms with Crippen molar-refractivity contribution in [2.45, 2.75) is 5.54 Å². The fourth-order valence-electron chi connectivity index (χ4n) is 4.25. The maximum absolute atomic E-state index is 13.3. The summed E-state index contributed by atoms with van der Waals surface area (Å²) in [7, 11) is 0. The Labute approximate surface area is 202 Å². The second kappa shape index (κ2) is 9.65. The van der Waals surface area contributed by atoms with Crippen LogP contribution in [0.25, 0.3) is 11.6 Å². The van der Waals surface area contributed by atoms with Crippen molar-refractivity contribution in [2.75, 3.05) is 0 Å². The first-order valence-electron chi connectivity index (χ1n) is 11.1. The molecule has 0 saturated heterocycles. The smallest absolute Gasteiger partial charge is 0.208 e. The molecule has 35 heavy (non-hydrogen) atoms. The molecule has 4 aromatic carbocycles. The second-order valence-electron chi connectivity index (χ2n) is 7.98. The van der Waals surface area contributed by atoms with Crippen LogP contribution in [0.3, 0.4) is 0 Å². The molecule has 0 aliphatic heterocycles. The third-order valence-corrected chi connectivity index (χ3v) is 5.87. The zero-order valence-electron chi connectivity index (χ0n) is 18.7. The summed E-state index contributed by atoms with van der Waals surface area (Å²) in [5.41, 5.74) is 2.79. The highest BCUT2D eigenvalue weighted by Gasteiger charge is 2.41. The molecule has 0 unspecified atom stereocenters. The highest BCUT2D eigenvalue weighted by molar-refractivity contribution is 6.11. The lowest BCUT2D eigenvalue weighted by molar-refractivity contribution is -0.103. The SMILES string of the molecule is O=CC(=Cc1ccc(F)cc1)c1nnn(C(c2ccccc2)(c2ccccc2)c2ccccc2)n1. The molecule has 1 aromatic heterocycles. The number of carbonyl (C=O) groups is 1. The van der Waals surface area contributed by atoms with Crippen LogP contribution in [0.15, 0.2) is 115 Å². The first-order valence-corrected chi connectivity index (χ1v) is 11.1. The summed E-state index contributed by atoms with van der Waals surface area (Å²) in [6, 6.07) is 35.7. The van der Waals surface area contributed by atoms with E-state index < -0.39 is 5.54 Å². The number of hydrogen-bond donors (Lipinski definition) is 0. The first kappa shape index (κ1) is 22.1. The van der Waals surface area contributed by atoms with Gasteiger partial charge in [-0.2, -0.15) is 0 Å². The average molecular weight is 461 g/mol. The molecule has 5 rings (SSSR count). The van der Waals surface area contributed by atoms with Crippen LogP contribution in [0.4, 0.5) is 4.39 Å². The zero-order chi connectivity index (χ0) is 24.1. The number of hydrogen-bond acceptors (Lipinski definition) is 4. The van der Waals surface area contributed by atoms with Gasteiger partial charge in [-0.25, -0.2) is 4.39 Å². The summed E-state index contributed by atoms with van der Waals surface area (Å²) in [5.74, 6) is -0.172. The van der Waals surface area contributed by atoms with Crippen molar-refractivity contribution in [3.05, 3.63) is 149 Å². The monoisotopic (exact) mass is 460 g/mol. The van der Waals surface area contributed by atoms with Gasteiger partial charge in [0.2, 0.25) is 5.82 Å². The van der Waals surface area contributed by atoms with Crippen LogP contribution in [-0.4, -0.2) is 26.5 Å². The molecule has 6 heteroatoms. The molecule has 170 valence electrons. The van der Waals surface area contributed by atoms with Crippen molar-refractivity contribution in [3.8, 4) is 0 Å². The van der Waals surface area contributed by atoms with Crippen LogP contribution in [0.2, 0.25) is 0 Å². The molecule has 0 aliphatic rings. The molecule has 0 spiro atoms. The van der Waals surface area contributed by atoms with Crippen LogP contribution in [0.1, 0.15) is 28.1 Å². The largest absolute Gasteiger partial charge is 0.298 e. The van der Waals surface area contributed by atoms with Crippen molar-refractivity contribution in [3.63, 3.8) is 0 Å². The summed E-state index contributed by atoms with van der Waals surface area (Å²) in [6.07, 6.45) is 2.29. The van der Waals surface area contributed by atoms with Crippen LogP contribution in [-0.2, 0) is 10.3 Å². The summed E-state index contributed by atoms with van der Waals surface area (Å²) in [5, 5.41) is 13.4. The van der Waals surface area contributed by atoms with Gasteiger partial charge >= 0.3 is 0 Å². The number of carbonyl (C=O) groups excluding carboxylic acids is 1. The van der Waals surface area contributed by atoms with E-state index in [-0.39, 0.29) is 17.2 Å². The number of allylic oxidation sites excluding steroid dienone is 1. The highest BCUT2D eigenvalue weighted by Crippen LogP contribution is 2.39. The van der Waals surface area contributed by atoms with Crippen molar-refractivity contribution >= 4 is 17.9 Å². The molecule has 0 aliphatic carbocycles. The lowest BCUT2D eigenvalue weighted by Crippen LogP contribution is -2.39. The van der Waals surface area contributed by atoms with Crippen molar-refractivity contribution in [1.82, 2.24) is 20.2 Å². The van der Waals surface area contributed by atoms with Crippen molar-refractivity contribution in [1.29, 1.82) is 0 Å². The summed E-state index contributed by atoms with van der Waals surface area (Å²) in [6.45, 7) is 0. The molecule has 1 heterocycles. The second-order valence-corrected chi connectivity index (χ2v) is 7.98. The van der Waals surface area contributed by atoms with Gasteiger partial charge in [-0.15, -0.1) is 15.0 Å². The van der Waals surface area contributed by atoms with E-state index in [2.05, 4.69) is 10.3 Å². The lowest BCUT2D eigenvalue weighted by Gasteiger charge is -2.34. The minimum Gasteiger partial charge on any atom is -0.298 e. The van der Waals surface area contributed by atoms with Crippen LogP contribution in [0.5, 0.6) is 0 Å². The minimum absolute atomic E-state index is 0.177. The van der Waals surface area contributed by atoms with Gasteiger partial charge in [0.25, 0.3) is 0 Å². The number of rotatable bonds is 7. The van der Waals surface area contributed by atoms with Gasteiger partial charge in [0.1, 0.15) is 5.82 Å². The normalized spacial score (nSPS) is 11.9. The van der Waals surface area contributed by atoms with E-state index in [0.717, 1.165) is 16.7 Å². The average Bonchev–Trinajstić information content (AvgIpc) is 3.41. The van der Waals surface area contributed by atoms with Crippen molar-refractivity contribution in [2.24, 2.45) is 0 Å². The van der Waals surface area contributed by atoms with Gasteiger partial charge in [-0.05, 0) is 45.7 Å². The summed E-state index contributed by atoms with van der Waals surface area (Å²) >= 11 is 0. The standard InChI is InChI=1S/C29H21FN4O/c30-27-18-16-22(17-19-27)20-23(21-35)28-31-33-34(32-28)29(24-10-4-1-5-11-24,25-12-6-2-7-13-25)26-14-8-3-9-15-26/h1-21H. The maximum atomic E-state index is 13.3. The molecule has 5 nitrogen and oxygen atoms in total. The Morgan fingerprint density at radius 2 is 1.20 bits per heavy atom. The van der Waals surface area contributed by atoms with Crippen molar-refractivity contribution < 1.29 is 9.18 Å². The number of benzene rings is 4. The Morgan fingerprint density at radius 3 is 1.66 bits per heavy atom. The molecule has 0 atom stereocenters. The number of aromatic nitrogens is 4. The van der Waals surface area contributed by atoms with E-state index in [1.807, 2.05) is 91.0 Å². The van der Waals surface area contributed by atoms with E-state index in [1.54, 1.807) is 23.0 Å². The van der Waals surface area contributed by atoms with Gasteiger partial charge in [0.05, 0.1) is 5.57 Å². The maximum Gasteiger partial charge on any atom is 0.208 e. The summed E-state index contributed by atoms with van der Waals surface area (Å²) in [4.78, 5) is 13.5. The fraction of sp³-hybridized carbons (Fsp3) is 0.0345. The van der Waals surface area contributed by atoms with Crippen LogP contribution >= 0.6 is 0 Å². The quantitative estimate of drug-likeness (QED) is 0.186. The van der Waals surface area contributed by atoms with E-state index in [4.69, 9.17) is 5.10 Å². The molecular weight excluding hydrogens is 439 g/mol. The zero-order valence-corrected chi connectivity index (χ0v) is 18.7. The number of halogens is 1. The third kappa shape index (κ3) is 4.17. The van der Waals surface area contributed by atoms with E-state index in [9.17, 15) is 9.18 Å². The third-order valence-electron chi connectivity index (χ3n) is 5.87. The Kier molecular flexibility index (Phi) is 6.09. The Bertz CT molecular complexity index is 1350. The fourth-order valence-corrected chi connectivity index (χ4v) is 4.25. The van der Waals surface area contributed by atoms with E-state index >= 15 is 0 Å². The Morgan fingerprint density at radius 1 is 0.714 bits per heavy atom. The van der Waals surface area contributed by atoms with Crippen LogP contribution in [0, 0.1) is 5.82 Å². The van der Waals surface area contributed by atoms with E-state index in [1.165, 1.54) is 12.1 Å². The first-order chi connectivity index (χ1) is 17.2. The van der Waals surface area contributed by atoms with Gasteiger partial charge in [-0.3, -0.25) is 4.79 Å². The molecule has 0 radical (unpaired) electrons. The van der Waals surface area contributed by atoms with Gasteiger partial charge in [0, 0.05) is 0 Å². The Hall–Kier alpha value is -4.71. The molecule has 5 aromatic rings. The molecule has 0 amide bonds. The minimum atomic E-state index is -0.932. The predicted octanol–water partition coefficient (Wildman–Crippen LogP) is 5.39. The highest BCUT2D eigenvalue weighted by atomic mass is 19.1. The van der Waals surface area contributed by atoms with Gasteiger partial charge in [-0.1, -0.05) is 103 Å². The lowest BCUT2D eigenvalue weighted by atomic mass is 9.77. The predicted molar refractivity (Wildman–Crippen MR) is 133 cm³/mol. The molecule has 0 bridgehead atoms. The molecular formula is C29H21FN4O. The van der Waals surface area contributed by atoms with Gasteiger partial charge in [0.15, 0.2) is 11.8 Å². The summed E-state index contributed by atoms with van der Waals surface area (Å²) < 4.78 is 13.3. The molecule has 0 fully saturated rings. The Balaban J connectivity index is 1.73.